The Bertz CT molecular complexity index is 1010. The topological polar surface area (TPSA) is 17.1 Å². The highest BCUT2D eigenvalue weighted by Gasteiger charge is 2.54. The van der Waals surface area contributed by atoms with Crippen LogP contribution in [-0.4, -0.2) is 5.78 Å². The highest BCUT2D eigenvalue weighted by atomic mass is 16.1. The van der Waals surface area contributed by atoms with Crippen molar-refractivity contribution in [1.29, 1.82) is 0 Å². The molecular formula is C24H20O. The minimum atomic E-state index is -0.217. The predicted molar refractivity (Wildman–Crippen MR) is 100 cm³/mol. The molecule has 0 aliphatic heterocycles. The molecule has 6 rings (SSSR count). The van der Waals surface area contributed by atoms with Gasteiger partial charge < -0.3 is 0 Å². The molecule has 1 nitrogen and oxygen atoms in total. The number of carbonyl (C=O) groups excluding carboxylic acids is 1. The molecular weight excluding hydrogens is 304 g/mol. The minimum absolute atomic E-state index is 0.125. The SMILES string of the molecule is CC(=O)c1ccc2c(c1)C1(C)c3ccccc3C2(C)c2ccccc21. The fourth-order valence-corrected chi connectivity index (χ4v) is 5.19. The second-order valence-corrected chi connectivity index (χ2v) is 7.66. The van der Waals surface area contributed by atoms with Gasteiger partial charge in [-0.1, -0.05) is 60.7 Å². The van der Waals surface area contributed by atoms with Crippen LogP contribution < -0.4 is 0 Å². The Labute approximate surface area is 148 Å². The molecule has 3 aliphatic rings. The van der Waals surface area contributed by atoms with Crippen molar-refractivity contribution in [2.45, 2.75) is 31.6 Å². The zero-order valence-corrected chi connectivity index (χ0v) is 14.8. The molecule has 3 aliphatic carbocycles. The van der Waals surface area contributed by atoms with Crippen LogP contribution >= 0.6 is 0 Å². The van der Waals surface area contributed by atoms with Crippen molar-refractivity contribution < 1.29 is 4.79 Å². The number of carbonyl (C=O) groups is 1. The Balaban J connectivity index is 1.98. The Morgan fingerprint density at radius 2 is 1.04 bits per heavy atom. The summed E-state index contributed by atoms with van der Waals surface area (Å²) in [4.78, 5) is 12.0. The molecule has 2 bridgehead atoms. The van der Waals surface area contributed by atoms with E-state index in [1.54, 1.807) is 6.92 Å². The first-order chi connectivity index (χ1) is 12.0. The van der Waals surface area contributed by atoms with Crippen molar-refractivity contribution in [1.82, 2.24) is 0 Å². The number of rotatable bonds is 1. The van der Waals surface area contributed by atoms with Crippen LogP contribution in [0.2, 0.25) is 0 Å². The van der Waals surface area contributed by atoms with Crippen molar-refractivity contribution in [3.05, 3.63) is 106 Å². The maximum Gasteiger partial charge on any atom is 0.159 e. The average Bonchev–Trinajstić information content (AvgIpc) is 2.65. The van der Waals surface area contributed by atoms with Crippen LogP contribution in [0.1, 0.15) is 64.5 Å². The molecule has 0 heterocycles. The molecule has 0 radical (unpaired) electrons. The van der Waals surface area contributed by atoms with Gasteiger partial charge in [-0.2, -0.15) is 0 Å². The third-order valence-electron chi connectivity index (χ3n) is 6.51. The number of hydrogen-bond donors (Lipinski definition) is 0. The maximum atomic E-state index is 12.0. The van der Waals surface area contributed by atoms with E-state index in [-0.39, 0.29) is 16.6 Å². The van der Waals surface area contributed by atoms with Crippen LogP contribution in [0.5, 0.6) is 0 Å². The van der Waals surface area contributed by atoms with Gasteiger partial charge in [0.25, 0.3) is 0 Å². The molecule has 0 amide bonds. The van der Waals surface area contributed by atoms with Gasteiger partial charge in [-0.05, 0) is 60.2 Å². The van der Waals surface area contributed by atoms with Crippen LogP contribution in [0.4, 0.5) is 0 Å². The lowest BCUT2D eigenvalue weighted by Crippen LogP contribution is -2.48. The average molecular weight is 324 g/mol. The van der Waals surface area contributed by atoms with E-state index in [2.05, 4.69) is 74.5 Å². The van der Waals surface area contributed by atoms with E-state index in [0.29, 0.717) is 0 Å². The molecule has 25 heavy (non-hydrogen) atoms. The van der Waals surface area contributed by atoms with E-state index in [4.69, 9.17) is 0 Å². The van der Waals surface area contributed by atoms with Crippen molar-refractivity contribution in [2.75, 3.05) is 0 Å². The molecule has 0 saturated carbocycles. The number of ketones is 1. The molecule has 0 aromatic heterocycles. The summed E-state index contributed by atoms with van der Waals surface area (Å²) in [5.74, 6) is 0.125. The smallest absolute Gasteiger partial charge is 0.159 e. The van der Waals surface area contributed by atoms with Crippen LogP contribution in [0, 0.1) is 0 Å². The van der Waals surface area contributed by atoms with Gasteiger partial charge in [0, 0.05) is 16.4 Å². The zero-order valence-electron chi connectivity index (χ0n) is 14.8. The van der Waals surface area contributed by atoms with Gasteiger partial charge in [-0.3, -0.25) is 4.79 Å². The second kappa shape index (κ2) is 4.49. The van der Waals surface area contributed by atoms with Gasteiger partial charge >= 0.3 is 0 Å². The predicted octanol–water partition coefficient (Wildman–Crippen LogP) is 5.22. The molecule has 0 atom stereocenters. The summed E-state index contributed by atoms with van der Waals surface area (Å²) in [6.07, 6.45) is 0. The first kappa shape index (κ1) is 14.7. The van der Waals surface area contributed by atoms with Crippen LogP contribution in [-0.2, 0) is 10.8 Å². The largest absolute Gasteiger partial charge is 0.295 e. The van der Waals surface area contributed by atoms with E-state index < -0.39 is 0 Å². The third-order valence-corrected chi connectivity index (χ3v) is 6.51. The quantitative estimate of drug-likeness (QED) is 0.561. The summed E-state index contributed by atoms with van der Waals surface area (Å²) in [6, 6.07) is 23.9. The Kier molecular flexibility index (Phi) is 2.63. The van der Waals surface area contributed by atoms with Crippen LogP contribution in [0.25, 0.3) is 0 Å². The van der Waals surface area contributed by atoms with E-state index in [0.717, 1.165) is 5.56 Å². The molecule has 3 aromatic rings. The minimum Gasteiger partial charge on any atom is -0.295 e. The van der Waals surface area contributed by atoms with Gasteiger partial charge in [0.05, 0.1) is 0 Å². The molecule has 1 heteroatoms. The molecule has 0 fully saturated rings. The van der Waals surface area contributed by atoms with Crippen molar-refractivity contribution in [3.63, 3.8) is 0 Å². The summed E-state index contributed by atoms with van der Waals surface area (Å²) < 4.78 is 0. The normalized spacial score (nSPS) is 25.1. The second-order valence-electron chi connectivity index (χ2n) is 7.66. The summed E-state index contributed by atoms with van der Waals surface area (Å²) in [5.41, 5.74) is 8.53. The first-order valence-electron chi connectivity index (χ1n) is 8.85. The fraction of sp³-hybridized carbons (Fsp3) is 0.208. The van der Waals surface area contributed by atoms with E-state index in [1.807, 2.05) is 6.07 Å². The van der Waals surface area contributed by atoms with Gasteiger partial charge in [0.2, 0.25) is 0 Å². The van der Waals surface area contributed by atoms with Crippen molar-refractivity contribution >= 4 is 5.78 Å². The molecule has 0 N–H and O–H groups in total. The van der Waals surface area contributed by atoms with Crippen molar-refractivity contribution in [3.8, 4) is 0 Å². The molecule has 0 saturated heterocycles. The first-order valence-corrected chi connectivity index (χ1v) is 8.85. The lowest BCUT2D eigenvalue weighted by atomic mass is 9.48. The monoisotopic (exact) mass is 324 g/mol. The zero-order chi connectivity index (χ0) is 17.4. The van der Waals surface area contributed by atoms with E-state index in [1.165, 1.54) is 33.4 Å². The van der Waals surface area contributed by atoms with Gasteiger partial charge in [0.15, 0.2) is 5.78 Å². The summed E-state index contributed by atoms with van der Waals surface area (Å²) in [5, 5.41) is 0. The van der Waals surface area contributed by atoms with Gasteiger partial charge in [0.1, 0.15) is 0 Å². The molecule has 0 spiro atoms. The van der Waals surface area contributed by atoms with Gasteiger partial charge in [-0.25, -0.2) is 0 Å². The molecule has 122 valence electrons. The number of Topliss-reactive ketones (excluding diaryl/α,β-unsaturated/α-hetero) is 1. The standard InChI is InChI=1S/C24H20O/c1-15(25)16-12-13-21-22(14-16)24(3)19-10-6-4-8-17(19)23(21,2)18-9-5-7-11-20(18)24/h4-14H,1-3H3. The van der Waals surface area contributed by atoms with Crippen LogP contribution in [0.15, 0.2) is 66.7 Å². The highest BCUT2D eigenvalue weighted by Crippen LogP contribution is 2.61. The Morgan fingerprint density at radius 1 is 0.640 bits per heavy atom. The summed E-state index contributed by atoms with van der Waals surface area (Å²) in [7, 11) is 0. The summed E-state index contributed by atoms with van der Waals surface area (Å²) >= 11 is 0. The van der Waals surface area contributed by atoms with Crippen molar-refractivity contribution in [2.24, 2.45) is 0 Å². The lowest BCUT2D eigenvalue weighted by molar-refractivity contribution is 0.101. The highest BCUT2D eigenvalue weighted by molar-refractivity contribution is 5.95. The molecule has 0 unspecified atom stereocenters. The summed E-state index contributed by atoms with van der Waals surface area (Å²) in [6.45, 7) is 6.29. The number of hydrogen-bond acceptors (Lipinski definition) is 1. The fourth-order valence-electron chi connectivity index (χ4n) is 5.19. The molecule has 3 aromatic carbocycles. The number of benzene rings is 3. The lowest BCUT2D eigenvalue weighted by Gasteiger charge is -2.54. The van der Waals surface area contributed by atoms with Crippen LogP contribution in [0.3, 0.4) is 0 Å². The Hall–Kier alpha value is -2.67. The van der Waals surface area contributed by atoms with E-state index >= 15 is 0 Å². The third kappa shape index (κ3) is 1.52. The maximum absolute atomic E-state index is 12.0. The van der Waals surface area contributed by atoms with E-state index in [9.17, 15) is 4.79 Å². The van der Waals surface area contributed by atoms with Gasteiger partial charge in [-0.15, -0.1) is 0 Å². The Morgan fingerprint density at radius 3 is 1.48 bits per heavy atom.